The largest absolute Gasteiger partial charge is 0.478 e. The summed E-state index contributed by atoms with van der Waals surface area (Å²) in [5.41, 5.74) is 2.08. The van der Waals surface area contributed by atoms with Crippen molar-refractivity contribution in [3.8, 4) is 0 Å². The van der Waals surface area contributed by atoms with Gasteiger partial charge in [-0.1, -0.05) is 0 Å². The molecule has 0 aromatic heterocycles. The molecule has 0 saturated carbocycles. The molecule has 5 N–H and O–H groups in total. The molecule has 0 aromatic rings. The third-order valence-electron chi connectivity index (χ3n) is 0.611. The van der Waals surface area contributed by atoms with Gasteiger partial charge >= 0.3 is 5.97 Å². The second kappa shape index (κ2) is 2.08. The van der Waals surface area contributed by atoms with Crippen LogP contribution in [0, 0.1) is 0 Å². The molecule has 0 rings (SSSR count). The molecule has 0 heterocycles. The number of hydrogen-bond donors (Lipinski definition) is 4. The quantitative estimate of drug-likeness (QED) is 0.308. The normalized spacial score (nSPS) is 17.4. The van der Waals surface area contributed by atoms with E-state index in [0.717, 1.165) is 0 Å². The van der Waals surface area contributed by atoms with Crippen LogP contribution in [0.4, 0.5) is 0 Å². The van der Waals surface area contributed by atoms with Crippen LogP contribution in [-0.2, 0) is 4.79 Å². The molecule has 0 amide bonds. The maximum absolute atomic E-state index is 9.72. The molecule has 0 aliphatic carbocycles. The highest BCUT2D eigenvalue weighted by Gasteiger charge is 2.29. The van der Waals surface area contributed by atoms with Crippen molar-refractivity contribution >= 4 is 5.97 Å². The minimum atomic E-state index is -2.49. The van der Waals surface area contributed by atoms with Crippen molar-refractivity contribution in [3.05, 3.63) is 0 Å². The van der Waals surface area contributed by atoms with Crippen LogP contribution in [0.1, 0.15) is 0 Å². The first kappa shape index (κ1) is 7.35. The van der Waals surface area contributed by atoms with Crippen LogP contribution in [0.2, 0.25) is 0 Å². The molecule has 48 valence electrons. The van der Waals surface area contributed by atoms with Gasteiger partial charge in [0.1, 0.15) is 0 Å². The number of carboxylic acids is 1. The third kappa shape index (κ3) is 1.45. The fourth-order valence-electron chi connectivity index (χ4n) is 0.0676. The fourth-order valence-corrected chi connectivity index (χ4v) is 0.0676. The number of aliphatic carboxylic acids is 1. The van der Waals surface area contributed by atoms with Crippen LogP contribution < -0.4 is 5.73 Å². The first-order valence-electron chi connectivity index (χ1n) is 1.86. The lowest BCUT2D eigenvalue weighted by molar-refractivity contribution is -0.161. The van der Waals surface area contributed by atoms with Gasteiger partial charge in [0.05, 0.1) is 6.61 Å². The Morgan fingerprint density at radius 1 is 1.75 bits per heavy atom. The average Bonchev–Trinajstić information content (AvgIpc) is 1.67. The lowest BCUT2D eigenvalue weighted by Crippen LogP contribution is -2.51. The molecule has 0 radical (unpaired) electrons. The Morgan fingerprint density at radius 3 is 2.12 bits per heavy atom. The zero-order chi connectivity index (χ0) is 6.78. The van der Waals surface area contributed by atoms with Gasteiger partial charge in [-0.2, -0.15) is 0 Å². The van der Waals surface area contributed by atoms with E-state index < -0.39 is 18.3 Å². The molecule has 0 bridgehead atoms. The average molecular weight is 121 g/mol. The minimum Gasteiger partial charge on any atom is -0.478 e. The van der Waals surface area contributed by atoms with Gasteiger partial charge in [-0.15, -0.1) is 0 Å². The highest BCUT2D eigenvalue weighted by Crippen LogP contribution is 1.89. The molecule has 1 atom stereocenters. The topological polar surface area (TPSA) is 104 Å². The van der Waals surface area contributed by atoms with Crippen molar-refractivity contribution in [2.24, 2.45) is 5.73 Å². The van der Waals surface area contributed by atoms with E-state index in [2.05, 4.69) is 5.73 Å². The number of aliphatic hydroxyl groups excluding tert-OH is 1. The lowest BCUT2D eigenvalue weighted by Gasteiger charge is -2.12. The van der Waals surface area contributed by atoms with Crippen molar-refractivity contribution in [1.29, 1.82) is 0 Å². The van der Waals surface area contributed by atoms with E-state index in [1.807, 2.05) is 0 Å². The predicted molar refractivity (Wildman–Crippen MR) is 23.9 cm³/mol. The lowest BCUT2D eigenvalue weighted by atomic mass is 10.3. The molecule has 5 nitrogen and oxygen atoms in total. The van der Waals surface area contributed by atoms with Gasteiger partial charge in [-0.3, -0.25) is 5.73 Å². The van der Waals surface area contributed by atoms with E-state index in [1.54, 1.807) is 0 Å². The molecule has 1 unspecified atom stereocenters. The van der Waals surface area contributed by atoms with Crippen molar-refractivity contribution in [2.45, 2.75) is 5.72 Å². The van der Waals surface area contributed by atoms with Gasteiger partial charge in [0.25, 0.3) is 0 Å². The van der Waals surface area contributed by atoms with Crippen LogP contribution >= 0.6 is 0 Å². The van der Waals surface area contributed by atoms with Crippen LogP contribution in [0.15, 0.2) is 0 Å². The Labute approximate surface area is 45.4 Å². The van der Waals surface area contributed by atoms with E-state index in [0.29, 0.717) is 0 Å². The maximum Gasteiger partial charge on any atom is 0.353 e. The molecule has 0 aliphatic rings. The van der Waals surface area contributed by atoms with E-state index in [9.17, 15) is 4.79 Å². The van der Waals surface area contributed by atoms with Gasteiger partial charge in [-0.05, 0) is 0 Å². The van der Waals surface area contributed by atoms with E-state index >= 15 is 0 Å². The molecule has 0 fully saturated rings. The Bertz CT molecular complexity index is 99.5. The van der Waals surface area contributed by atoms with Gasteiger partial charge in [0, 0.05) is 0 Å². The predicted octanol–water partition coefficient (Wildman–Crippen LogP) is -2.29. The number of nitrogens with two attached hydrogens (primary N) is 1. The zero-order valence-electron chi connectivity index (χ0n) is 4.03. The van der Waals surface area contributed by atoms with Crippen molar-refractivity contribution in [3.63, 3.8) is 0 Å². The first-order valence-corrected chi connectivity index (χ1v) is 1.86. The summed E-state index contributed by atoms with van der Waals surface area (Å²) in [6, 6.07) is 0. The van der Waals surface area contributed by atoms with E-state index in [1.165, 1.54) is 0 Å². The van der Waals surface area contributed by atoms with Gasteiger partial charge < -0.3 is 15.3 Å². The van der Waals surface area contributed by atoms with Gasteiger partial charge in [0.15, 0.2) is 0 Å². The summed E-state index contributed by atoms with van der Waals surface area (Å²) in [4.78, 5) is 9.72. The van der Waals surface area contributed by atoms with Crippen molar-refractivity contribution in [1.82, 2.24) is 0 Å². The van der Waals surface area contributed by atoms with Crippen molar-refractivity contribution < 1.29 is 20.1 Å². The highest BCUT2D eigenvalue weighted by atomic mass is 16.4. The fraction of sp³-hybridized carbons (Fsp3) is 0.667. The highest BCUT2D eigenvalue weighted by molar-refractivity contribution is 5.76. The van der Waals surface area contributed by atoms with E-state index in [4.69, 9.17) is 15.3 Å². The molecule has 0 spiro atoms. The summed E-state index contributed by atoms with van der Waals surface area (Å²) in [6.07, 6.45) is 0. The van der Waals surface area contributed by atoms with Crippen molar-refractivity contribution in [2.75, 3.05) is 6.61 Å². The smallest absolute Gasteiger partial charge is 0.353 e. The molecule has 8 heavy (non-hydrogen) atoms. The minimum absolute atomic E-state index is 0.984. The number of carboxylic acid groups (broad SMARTS) is 1. The molecule has 0 saturated heterocycles. The number of aliphatic hydroxyl groups is 2. The summed E-state index contributed by atoms with van der Waals surface area (Å²) in [5.74, 6) is -1.64. The van der Waals surface area contributed by atoms with Crippen LogP contribution in [-0.4, -0.2) is 33.6 Å². The van der Waals surface area contributed by atoms with Gasteiger partial charge in [0.2, 0.25) is 5.72 Å². The summed E-state index contributed by atoms with van der Waals surface area (Å²) in [5, 5.41) is 24.2. The Balaban J connectivity index is 3.91. The van der Waals surface area contributed by atoms with Gasteiger partial charge in [-0.25, -0.2) is 4.79 Å². The standard InChI is InChI=1S/C3H7NO4/c4-3(8,1-5)2(6)7/h5,8H,1,4H2,(H,6,7). The van der Waals surface area contributed by atoms with E-state index in [-0.39, 0.29) is 0 Å². The molecular formula is C3H7NO4. The zero-order valence-corrected chi connectivity index (χ0v) is 4.03. The number of hydrogen-bond acceptors (Lipinski definition) is 4. The molecule has 0 aromatic carbocycles. The molecule has 0 aliphatic heterocycles. The summed E-state index contributed by atoms with van der Waals surface area (Å²) >= 11 is 0. The van der Waals surface area contributed by atoms with Crippen LogP contribution in [0.3, 0.4) is 0 Å². The second-order valence-corrected chi connectivity index (χ2v) is 1.39. The van der Waals surface area contributed by atoms with Crippen LogP contribution in [0.5, 0.6) is 0 Å². The Morgan fingerprint density at radius 2 is 2.12 bits per heavy atom. The third-order valence-corrected chi connectivity index (χ3v) is 0.611. The monoisotopic (exact) mass is 121 g/mol. The molecular weight excluding hydrogens is 114 g/mol. The Kier molecular flexibility index (Phi) is 1.91. The summed E-state index contributed by atoms with van der Waals surface area (Å²) < 4.78 is 0. The summed E-state index contributed by atoms with van der Waals surface area (Å²) in [6.45, 7) is -0.984. The number of carbonyl (C=O) groups is 1. The van der Waals surface area contributed by atoms with Crippen LogP contribution in [0.25, 0.3) is 0 Å². The maximum atomic E-state index is 9.72. The summed E-state index contributed by atoms with van der Waals surface area (Å²) in [7, 11) is 0. The number of rotatable bonds is 2. The second-order valence-electron chi connectivity index (χ2n) is 1.39. The SMILES string of the molecule is NC(O)(CO)C(=O)O. The molecule has 5 heteroatoms. The first-order chi connectivity index (χ1) is 3.50. The Hall–Kier alpha value is -0.650.